The minimum absolute atomic E-state index is 0.103. The number of likely N-dealkylation sites (N-methyl/N-ethyl adjacent to an activating group) is 2. The fourth-order valence-corrected chi connectivity index (χ4v) is 1.40. The maximum absolute atomic E-state index is 4.27. The Labute approximate surface area is 78.1 Å². The summed E-state index contributed by atoms with van der Waals surface area (Å²) in [5, 5.41) is 3.77. The Morgan fingerprint density at radius 1 is 1.46 bits per heavy atom. The van der Waals surface area contributed by atoms with Crippen molar-refractivity contribution in [2.75, 3.05) is 14.1 Å². The SMILES string of the molecule is CN1[C]C(c2ccccn2)N(C)N1. The van der Waals surface area contributed by atoms with E-state index in [0.29, 0.717) is 0 Å². The van der Waals surface area contributed by atoms with E-state index in [1.165, 1.54) is 0 Å². The van der Waals surface area contributed by atoms with Gasteiger partial charge in [-0.05, 0) is 12.1 Å². The van der Waals surface area contributed by atoms with Crippen molar-refractivity contribution in [3.63, 3.8) is 0 Å². The van der Waals surface area contributed by atoms with Crippen molar-refractivity contribution in [3.05, 3.63) is 36.6 Å². The quantitative estimate of drug-likeness (QED) is 0.673. The van der Waals surface area contributed by atoms with Gasteiger partial charge in [-0.1, -0.05) is 6.07 Å². The van der Waals surface area contributed by atoms with E-state index in [4.69, 9.17) is 0 Å². The smallest absolute Gasteiger partial charge is 0.106 e. The first kappa shape index (κ1) is 8.62. The molecule has 0 aromatic carbocycles. The van der Waals surface area contributed by atoms with Gasteiger partial charge in [0, 0.05) is 20.3 Å². The average Bonchev–Trinajstić information content (AvgIpc) is 2.47. The summed E-state index contributed by atoms with van der Waals surface area (Å²) < 4.78 is 0. The molecule has 1 atom stereocenters. The number of rotatable bonds is 1. The molecule has 2 radical (unpaired) electrons. The Balaban J connectivity index is 2.18. The third kappa shape index (κ3) is 1.70. The summed E-state index contributed by atoms with van der Waals surface area (Å²) in [6, 6.07) is 5.99. The zero-order chi connectivity index (χ0) is 9.26. The van der Waals surface area contributed by atoms with E-state index in [1.807, 2.05) is 37.3 Å². The van der Waals surface area contributed by atoms with Gasteiger partial charge in [-0.2, -0.15) is 5.53 Å². The monoisotopic (exact) mass is 176 g/mol. The Kier molecular flexibility index (Phi) is 2.26. The maximum atomic E-state index is 4.27. The second-order valence-corrected chi connectivity index (χ2v) is 3.06. The fourth-order valence-electron chi connectivity index (χ4n) is 1.40. The molecule has 0 bridgehead atoms. The van der Waals surface area contributed by atoms with E-state index < -0.39 is 0 Å². The molecular weight excluding hydrogens is 164 g/mol. The summed E-state index contributed by atoms with van der Waals surface area (Å²) in [6.45, 7) is 3.21. The van der Waals surface area contributed by atoms with E-state index in [-0.39, 0.29) is 6.04 Å². The van der Waals surface area contributed by atoms with Gasteiger partial charge in [0.05, 0.1) is 11.7 Å². The van der Waals surface area contributed by atoms with Crippen LogP contribution in [0.1, 0.15) is 11.7 Å². The minimum atomic E-state index is 0.103. The van der Waals surface area contributed by atoms with E-state index in [9.17, 15) is 0 Å². The molecular formula is C9H12N4. The summed E-state index contributed by atoms with van der Waals surface area (Å²) in [7, 11) is 3.88. The van der Waals surface area contributed by atoms with Gasteiger partial charge < -0.3 is 0 Å². The van der Waals surface area contributed by atoms with Crippen molar-refractivity contribution >= 4 is 0 Å². The second-order valence-electron chi connectivity index (χ2n) is 3.06. The predicted molar refractivity (Wildman–Crippen MR) is 48.9 cm³/mol. The van der Waals surface area contributed by atoms with Crippen LogP contribution >= 0.6 is 0 Å². The summed E-state index contributed by atoms with van der Waals surface area (Å²) >= 11 is 0. The van der Waals surface area contributed by atoms with Gasteiger partial charge in [0.25, 0.3) is 0 Å². The summed E-state index contributed by atoms with van der Waals surface area (Å²) in [5.41, 5.74) is 4.08. The number of hydrogen-bond donors (Lipinski definition) is 1. The van der Waals surface area contributed by atoms with Crippen molar-refractivity contribution in [3.8, 4) is 0 Å². The Bertz CT molecular complexity index is 274. The largest absolute Gasteiger partial charge is 0.259 e. The molecule has 0 saturated carbocycles. The Morgan fingerprint density at radius 2 is 2.31 bits per heavy atom. The molecule has 0 aliphatic carbocycles. The van der Waals surface area contributed by atoms with Gasteiger partial charge in [-0.25, -0.2) is 10.0 Å². The molecule has 2 rings (SSSR count). The highest BCUT2D eigenvalue weighted by Gasteiger charge is 2.28. The average molecular weight is 176 g/mol. The Morgan fingerprint density at radius 3 is 2.85 bits per heavy atom. The molecule has 1 N–H and O–H groups in total. The zero-order valence-electron chi connectivity index (χ0n) is 7.73. The second kappa shape index (κ2) is 3.41. The lowest BCUT2D eigenvalue weighted by Crippen LogP contribution is -2.34. The van der Waals surface area contributed by atoms with E-state index in [1.54, 1.807) is 11.2 Å². The van der Waals surface area contributed by atoms with E-state index in [2.05, 4.69) is 17.1 Å². The summed E-state index contributed by atoms with van der Waals surface area (Å²) in [5.74, 6) is 0. The van der Waals surface area contributed by atoms with Gasteiger partial charge in [-0.3, -0.25) is 4.98 Å². The number of aromatic nitrogens is 1. The van der Waals surface area contributed by atoms with Crippen LogP contribution in [-0.4, -0.2) is 29.1 Å². The van der Waals surface area contributed by atoms with Crippen LogP contribution in [0.2, 0.25) is 0 Å². The van der Waals surface area contributed by atoms with Crippen LogP contribution in [0.3, 0.4) is 0 Å². The van der Waals surface area contributed by atoms with Crippen LogP contribution in [0.15, 0.2) is 24.4 Å². The van der Waals surface area contributed by atoms with Gasteiger partial charge in [0.2, 0.25) is 0 Å². The highest BCUT2D eigenvalue weighted by molar-refractivity contribution is 5.12. The molecule has 1 fully saturated rings. The third-order valence-electron chi connectivity index (χ3n) is 1.98. The van der Waals surface area contributed by atoms with Gasteiger partial charge >= 0.3 is 0 Å². The third-order valence-corrected chi connectivity index (χ3v) is 1.98. The lowest BCUT2D eigenvalue weighted by Gasteiger charge is -2.15. The van der Waals surface area contributed by atoms with Crippen LogP contribution in [-0.2, 0) is 0 Å². The molecule has 13 heavy (non-hydrogen) atoms. The molecule has 1 aromatic heterocycles. The molecule has 0 spiro atoms. The highest BCUT2D eigenvalue weighted by atomic mass is 15.8. The topological polar surface area (TPSA) is 31.4 Å². The molecule has 4 heteroatoms. The molecule has 1 aliphatic rings. The Hall–Kier alpha value is -0.970. The lowest BCUT2D eigenvalue weighted by atomic mass is 10.2. The summed E-state index contributed by atoms with van der Waals surface area (Å²) in [6.07, 6.45) is 1.79. The first-order valence-electron chi connectivity index (χ1n) is 4.17. The molecule has 68 valence electrons. The van der Waals surface area contributed by atoms with Crippen molar-refractivity contribution in [2.45, 2.75) is 6.04 Å². The normalized spacial score (nSPS) is 25.2. The molecule has 1 unspecified atom stereocenters. The van der Waals surface area contributed by atoms with Crippen LogP contribution in [0.5, 0.6) is 0 Å². The molecule has 0 amide bonds. The van der Waals surface area contributed by atoms with Gasteiger partial charge in [0.1, 0.15) is 6.54 Å². The van der Waals surface area contributed by atoms with Crippen LogP contribution < -0.4 is 5.53 Å². The standard InChI is InChI=1S/C9H12N4/c1-12-7-9(13(2)11-12)8-5-3-4-6-10-8/h3-6,9,11H,1-2H3. The van der Waals surface area contributed by atoms with Crippen LogP contribution in [0, 0.1) is 6.54 Å². The van der Waals surface area contributed by atoms with E-state index in [0.717, 1.165) is 5.69 Å². The first-order valence-corrected chi connectivity index (χ1v) is 4.17. The predicted octanol–water partition coefficient (Wildman–Crippen LogP) is 0.458. The van der Waals surface area contributed by atoms with Crippen molar-refractivity contribution in [1.29, 1.82) is 0 Å². The van der Waals surface area contributed by atoms with Crippen LogP contribution in [0.4, 0.5) is 0 Å². The van der Waals surface area contributed by atoms with Gasteiger partial charge in [-0.15, -0.1) is 0 Å². The van der Waals surface area contributed by atoms with Crippen molar-refractivity contribution in [2.24, 2.45) is 0 Å². The van der Waals surface area contributed by atoms with E-state index >= 15 is 0 Å². The molecule has 1 aromatic rings. The fraction of sp³-hybridized carbons (Fsp3) is 0.333. The molecule has 1 saturated heterocycles. The molecule has 4 nitrogen and oxygen atoms in total. The number of hydrazine groups is 2. The molecule has 1 aliphatic heterocycles. The number of nitrogens with zero attached hydrogens (tertiary/aromatic N) is 3. The zero-order valence-corrected chi connectivity index (χ0v) is 7.73. The molecule has 2 heterocycles. The number of hydrogen-bond acceptors (Lipinski definition) is 4. The summed E-state index contributed by atoms with van der Waals surface area (Å²) in [4.78, 5) is 4.27. The number of pyridine rings is 1. The minimum Gasteiger partial charge on any atom is -0.259 e. The lowest BCUT2D eigenvalue weighted by molar-refractivity contribution is 0.156. The maximum Gasteiger partial charge on any atom is 0.106 e. The first-order chi connectivity index (χ1) is 6.27. The van der Waals surface area contributed by atoms with Crippen LogP contribution in [0.25, 0.3) is 0 Å². The van der Waals surface area contributed by atoms with Crippen molar-refractivity contribution in [1.82, 2.24) is 20.5 Å². The number of nitrogens with one attached hydrogen (secondary N) is 1. The van der Waals surface area contributed by atoms with Crippen molar-refractivity contribution < 1.29 is 0 Å². The van der Waals surface area contributed by atoms with Gasteiger partial charge in [0.15, 0.2) is 0 Å². The highest BCUT2D eigenvalue weighted by Crippen LogP contribution is 2.23.